The first-order chi connectivity index (χ1) is 6.88. The van der Waals surface area contributed by atoms with Gasteiger partial charge in [0.05, 0.1) is 6.04 Å². The maximum absolute atomic E-state index is 11.3. The molecule has 0 radical (unpaired) electrons. The van der Waals surface area contributed by atoms with Crippen molar-refractivity contribution in [2.24, 2.45) is 17.4 Å². The molecule has 0 saturated heterocycles. The maximum atomic E-state index is 11.3. The van der Waals surface area contributed by atoms with E-state index in [1.165, 1.54) is 0 Å². The van der Waals surface area contributed by atoms with Crippen molar-refractivity contribution in [3.63, 3.8) is 0 Å². The molecular weight excluding hydrogens is 269 g/mol. The summed E-state index contributed by atoms with van der Waals surface area (Å²) < 4.78 is 0. The summed E-state index contributed by atoms with van der Waals surface area (Å²) in [5.74, 6) is -1.40. The minimum absolute atomic E-state index is 0. The molecule has 6 nitrogen and oxygen atoms in total. The molecule has 0 aliphatic rings. The number of carbonyl (C=O) groups excluding carboxylic acids is 1. The Balaban J connectivity index is -0.000000980. The highest BCUT2D eigenvalue weighted by atomic mass is 35.5. The van der Waals surface area contributed by atoms with E-state index in [1.54, 1.807) is 0 Å². The van der Waals surface area contributed by atoms with Gasteiger partial charge in [-0.1, -0.05) is 13.8 Å². The van der Waals surface area contributed by atoms with E-state index >= 15 is 0 Å². The average molecular weight is 290 g/mol. The lowest BCUT2D eigenvalue weighted by Crippen LogP contribution is -2.51. The highest BCUT2D eigenvalue weighted by molar-refractivity contribution is 5.87. The SMILES string of the molecule is CC(C)C[C@H](NC(=O)[C@H](N)CN)C(=O)O.Cl.Cl. The van der Waals surface area contributed by atoms with Crippen LogP contribution in [0, 0.1) is 5.92 Å². The van der Waals surface area contributed by atoms with Crippen LogP contribution in [0.1, 0.15) is 20.3 Å². The standard InChI is InChI=1S/C9H19N3O3.2ClH/c1-5(2)3-7(9(14)15)12-8(13)6(11)4-10;;/h5-7H,3-4,10-11H2,1-2H3,(H,12,13)(H,14,15);2*1H/t6-,7+;;/m1../s1. The average Bonchev–Trinajstić information content (AvgIpc) is 2.14. The van der Waals surface area contributed by atoms with Crippen molar-refractivity contribution < 1.29 is 14.7 Å². The molecule has 0 heterocycles. The number of amides is 1. The quantitative estimate of drug-likeness (QED) is 0.537. The third kappa shape index (κ3) is 9.17. The Morgan fingerprint density at radius 1 is 1.29 bits per heavy atom. The van der Waals surface area contributed by atoms with Crippen LogP contribution in [0.5, 0.6) is 0 Å². The van der Waals surface area contributed by atoms with Crippen LogP contribution in [-0.2, 0) is 9.59 Å². The number of hydrogen-bond acceptors (Lipinski definition) is 4. The number of aliphatic carboxylic acids is 1. The maximum Gasteiger partial charge on any atom is 0.326 e. The van der Waals surface area contributed by atoms with E-state index < -0.39 is 24.0 Å². The van der Waals surface area contributed by atoms with Gasteiger partial charge in [-0.15, -0.1) is 24.8 Å². The van der Waals surface area contributed by atoms with Crippen molar-refractivity contribution in [1.82, 2.24) is 5.32 Å². The molecule has 1 amide bonds. The van der Waals surface area contributed by atoms with Gasteiger partial charge in [-0.05, 0) is 12.3 Å². The zero-order chi connectivity index (χ0) is 12.0. The van der Waals surface area contributed by atoms with Crippen molar-refractivity contribution in [1.29, 1.82) is 0 Å². The van der Waals surface area contributed by atoms with Crippen molar-refractivity contribution in [3.05, 3.63) is 0 Å². The molecule has 0 aliphatic carbocycles. The second-order valence-electron chi connectivity index (χ2n) is 3.87. The van der Waals surface area contributed by atoms with Gasteiger partial charge in [0.15, 0.2) is 0 Å². The van der Waals surface area contributed by atoms with Crippen molar-refractivity contribution in [3.8, 4) is 0 Å². The lowest BCUT2D eigenvalue weighted by atomic mass is 10.0. The topological polar surface area (TPSA) is 118 Å². The number of nitrogens with one attached hydrogen (secondary N) is 1. The molecule has 104 valence electrons. The Bertz CT molecular complexity index is 240. The number of nitrogens with two attached hydrogens (primary N) is 2. The van der Waals surface area contributed by atoms with E-state index in [9.17, 15) is 9.59 Å². The molecular formula is C9H21Cl2N3O3. The van der Waals surface area contributed by atoms with E-state index in [0.717, 1.165) is 0 Å². The third-order valence-electron chi connectivity index (χ3n) is 1.91. The fourth-order valence-corrected chi connectivity index (χ4v) is 1.08. The van der Waals surface area contributed by atoms with Crippen molar-refractivity contribution in [2.45, 2.75) is 32.4 Å². The molecule has 0 spiro atoms. The van der Waals surface area contributed by atoms with Gasteiger partial charge in [0.25, 0.3) is 0 Å². The number of carboxylic acid groups (broad SMARTS) is 1. The van der Waals surface area contributed by atoms with Gasteiger partial charge >= 0.3 is 5.97 Å². The molecule has 0 rings (SSSR count). The molecule has 6 N–H and O–H groups in total. The van der Waals surface area contributed by atoms with Crippen LogP contribution >= 0.6 is 24.8 Å². The molecule has 0 aromatic rings. The number of carboxylic acids is 1. The lowest BCUT2D eigenvalue weighted by Gasteiger charge is -2.18. The molecule has 0 aromatic carbocycles. The van der Waals surface area contributed by atoms with Crippen LogP contribution in [0.4, 0.5) is 0 Å². The highest BCUT2D eigenvalue weighted by Gasteiger charge is 2.23. The molecule has 0 saturated carbocycles. The van der Waals surface area contributed by atoms with Crippen LogP contribution in [0.2, 0.25) is 0 Å². The minimum atomic E-state index is -1.05. The molecule has 0 bridgehead atoms. The fourth-order valence-electron chi connectivity index (χ4n) is 1.08. The Kier molecular flexibility index (Phi) is 13.5. The predicted octanol–water partition coefficient (Wildman–Crippen LogP) is -0.268. The number of halogens is 2. The summed E-state index contributed by atoms with van der Waals surface area (Å²) in [4.78, 5) is 22.1. The first-order valence-electron chi connectivity index (χ1n) is 4.87. The third-order valence-corrected chi connectivity index (χ3v) is 1.91. The first kappa shape index (κ1) is 21.7. The summed E-state index contributed by atoms with van der Waals surface area (Å²) >= 11 is 0. The summed E-state index contributed by atoms with van der Waals surface area (Å²) in [6.07, 6.45) is 0.373. The van der Waals surface area contributed by atoms with Gasteiger partial charge in [-0.25, -0.2) is 4.79 Å². The van der Waals surface area contributed by atoms with Crippen LogP contribution < -0.4 is 16.8 Å². The van der Waals surface area contributed by atoms with E-state index in [1.807, 2.05) is 13.8 Å². The Labute approximate surface area is 113 Å². The number of hydrogen-bond donors (Lipinski definition) is 4. The van der Waals surface area contributed by atoms with Gasteiger partial charge < -0.3 is 21.9 Å². The van der Waals surface area contributed by atoms with E-state index in [4.69, 9.17) is 16.6 Å². The van der Waals surface area contributed by atoms with Crippen LogP contribution in [-0.4, -0.2) is 35.6 Å². The van der Waals surface area contributed by atoms with Gasteiger partial charge in [-0.3, -0.25) is 4.79 Å². The minimum Gasteiger partial charge on any atom is -0.480 e. The second kappa shape index (κ2) is 10.6. The van der Waals surface area contributed by atoms with Crippen molar-refractivity contribution >= 4 is 36.7 Å². The van der Waals surface area contributed by atoms with E-state index in [0.29, 0.717) is 6.42 Å². The molecule has 0 aliphatic heterocycles. The van der Waals surface area contributed by atoms with E-state index in [-0.39, 0.29) is 37.3 Å². The monoisotopic (exact) mass is 289 g/mol. The predicted molar refractivity (Wildman–Crippen MR) is 70.5 cm³/mol. The van der Waals surface area contributed by atoms with E-state index in [2.05, 4.69) is 5.32 Å². The highest BCUT2D eigenvalue weighted by Crippen LogP contribution is 2.04. The second-order valence-corrected chi connectivity index (χ2v) is 3.87. The molecule has 0 aromatic heterocycles. The number of rotatable bonds is 6. The number of carbonyl (C=O) groups is 2. The first-order valence-corrected chi connectivity index (χ1v) is 4.87. The smallest absolute Gasteiger partial charge is 0.326 e. The Hall–Kier alpha value is -0.560. The molecule has 17 heavy (non-hydrogen) atoms. The van der Waals surface area contributed by atoms with Gasteiger partial charge in [0, 0.05) is 6.54 Å². The molecule has 0 fully saturated rings. The van der Waals surface area contributed by atoms with Gasteiger partial charge in [-0.2, -0.15) is 0 Å². The molecule has 2 atom stereocenters. The van der Waals surface area contributed by atoms with Crippen molar-refractivity contribution in [2.75, 3.05) is 6.54 Å². The van der Waals surface area contributed by atoms with Crippen LogP contribution in [0.15, 0.2) is 0 Å². The van der Waals surface area contributed by atoms with Gasteiger partial charge in [0.1, 0.15) is 6.04 Å². The Morgan fingerprint density at radius 2 is 1.76 bits per heavy atom. The normalized spacial score (nSPS) is 13.0. The summed E-state index contributed by atoms with van der Waals surface area (Å²) in [6, 6.07) is -1.74. The zero-order valence-corrected chi connectivity index (χ0v) is 11.5. The van der Waals surface area contributed by atoms with Crippen LogP contribution in [0.25, 0.3) is 0 Å². The van der Waals surface area contributed by atoms with Crippen LogP contribution in [0.3, 0.4) is 0 Å². The fraction of sp³-hybridized carbons (Fsp3) is 0.778. The zero-order valence-electron chi connectivity index (χ0n) is 9.88. The van der Waals surface area contributed by atoms with Gasteiger partial charge in [0.2, 0.25) is 5.91 Å². The molecule has 8 heteroatoms. The molecule has 0 unspecified atom stereocenters. The summed E-state index contributed by atoms with van der Waals surface area (Å²) in [6.45, 7) is 3.76. The summed E-state index contributed by atoms with van der Waals surface area (Å²) in [7, 11) is 0. The Morgan fingerprint density at radius 3 is 2.06 bits per heavy atom. The summed E-state index contributed by atoms with van der Waals surface area (Å²) in [5.41, 5.74) is 10.6. The lowest BCUT2D eigenvalue weighted by molar-refractivity contribution is -0.142. The largest absolute Gasteiger partial charge is 0.480 e. The summed E-state index contributed by atoms with van der Waals surface area (Å²) in [5, 5.41) is 11.2.